The molecule has 3 saturated heterocycles. The molecule has 11 N–H and O–H groups in total. The SMILES string of the molecule is CC1C(OCCCCC(=O)CCCCCC(=O)CCOCC(CC(=O)CCOCCOCCOCCOCCN=[N+]=[N-])C(COCCC(=O)NCCCNC(=O)CCCCOC2OC(CO)C(O)C(O)C2C)OCCC(=O)CCCCCC(=O)CCCCOC2OC(CO)C(O)C(O)C2C)OC(CO)C(O)C1O. The van der Waals surface area contributed by atoms with E-state index >= 15 is 0 Å². The van der Waals surface area contributed by atoms with Gasteiger partial charge in [0, 0.05) is 145 Å². The maximum absolute atomic E-state index is 13.7. The van der Waals surface area contributed by atoms with Crippen LogP contribution in [0.1, 0.15) is 181 Å². The predicted molar refractivity (Wildman–Crippen MR) is 387 cm³/mol. The van der Waals surface area contributed by atoms with Crippen LogP contribution >= 0.6 is 0 Å². The van der Waals surface area contributed by atoms with Crippen LogP contribution in [0.15, 0.2) is 5.11 Å². The number of unbranched alkanes of at least 4 members (excludes halogenated alkanes) is 7. The third-order valence-electron chi connectivity index (χ3n) is 19.1. The highest BCUT2D eigenvalue weighted by Crippen LogP contribution is 2.30. The van der Waals surface area contributed by atoms with Crippen molar-refractivity contribution < 1.29 is 141 Å². The Bertz CT molecular complexity index is 2470. The van der Waals surface area contributed by atoms with Crippen molar-refractivity contribution in [1.29, 1.82) is 0 Å². The lowest BCUT2D eigenvalue weighted by Gasteiger charge is -2.40. The van der Waals surface area contributed by atoms with Crippen LogP contribution in [0.4, 0.5) is 0 Å². The van der Waals surface area contributed by atoms with Gasteiger partial charge in [0.25, 0.3) is 0 Å². The van der Waals surface area contributed by atoms with Crippen molar-refractivity contribution in [2.24, 2.45) is 28.8 Å². The van der Waals surface area contributed by atoms with Gasteiger partial charge < -0.3 is 118 Å². The molecule has 108 heavy (non-hydrogen) atoms. The molecule has 0 bridgehead atoms. The fraction of sp³-hybridized carbons (Fsp3) is 0.905. The Balaban J connectivity index is 1.52. The number of hydrogen-bond donors (Lipinski definition) is 11. The van der Waals surface area contributed by atoms with Crippen LogP contribution < -0.4 is 10.6 Å². The fourth-order valence-corrected chi connectivity index (χ4v) is 12.1. The summed E-state index contributed by atoms with van der Waals surface area (Å²) in [6.45, 7) is 7.25. The minimum absolute atomic E-state index is 0.0199. The van der Waals surface area contributed by atoms with Gasteiger partial charge in [-0.3, -0.25) is 33.6 Å². The van der Waals surface area contributed by atoms with E-state index < -0.39 is 123 Å². The number of aliphatic hydroxyl groups is 9. The van der Waals surface area contributed by atoms with Crippen molar-refractivity contribution in [3.05, 3.63) is 10.4 Å². The molecule has 0 spiro atoms. The summed E-state index contributed by atoms with van der Waals surface area (Å²) in [6, 6.07) is 0. The number of nitrogens with zero attached hydrogens (tertiary/aromatic N) is 3. The largest absolute Gasteiger partial charge is 0.394 e. The highest BCUT2D eigenvalue weighted by molar-refractivity contribution is 5.80. The van der Waals surface area contributed by atoms with Gasteiger partial charge in [0.15, 0.2) is 18.9 Å². The normalized spacial score (nSPS) is 24.9. The van der Waals surface area contributed by atoms with E-state index in [2.05, 4.69) is 20.7 Å². The fourth-order valence-electron chi connectivity index (χ4n) is 12.1. The summed E-state index contributed by atoms with van der Waals surface area (Å²) in [5.74, 6) is -2.77. The molecule has 3 heterocycles. The van der Waals surface area contributed by atoms with Crippen LogP contribution in [0.3, 0.4) is 0 Å². The summed E-state index contributed by atoms with van der Waals surface area (Å²) in [5, 5.41) is 98.6. The Kier molecular flexibility index (Phi) is 55.5. The number of Topliss-reactive ketones (excluding diaryl/α,β-unsaturated/α-hetero) is 5. The van der Waals surface area contributed by atoms with Crippen LogP contribution in [0.25, 0.3) is 10.4 Å². The molecule has 3 aliphatic rings. The van der Waals surface area contributed by atoms with Crippen LogP contribution in [-0.4, -0.2) is 312 Å². The minimum atomic E-state index is -1.23. The van der Waals surface area contributed by atoms with Crippen molar-refractivity contribution >= 4 is 40.7 Å². The first-order chi connectivity index (χ1) is 52.1. The summed E-state index contributed by atoms with van der Waals surface area (Å²) >= 11 is 0. The molecule has 0 aromatic heterocycles. The predicted octanol–water partition coefficient (Wildman–Crippen LogP) is 2.50. The second kappa shape index (κ2) is 61.3. The van der Waals surface area contributed by atoms with Crippen molar-refractivity contribution in [2.75, 3.05) is 145 Å². The highest BCUT2D eigenvalue weighted by Gasteiger charge is 2.45. The quantitative estimate of drug-likeness (QED) is 0.0180. The van der Waals surface area contributed by atoms with Crippen molar-refractivity contribution in [1.82, 2.24) is 10.6 Å². The Morgan fingerprint density at radius 1 is 0.380 bits per heavy atom. The Morgan fingerprint density at radius 2 is 0.722 bits per heavy atom. The molecular weight excluding hydrogens is 1420 g/mol. The second-order valence-corrected chi connectivity index (χ2v) is 28.0. The van der Waals surface area contributed by atoms with Gasteiger partial charge in [0.05, 0.1) is 130 Å². The molecule has 17 atom stereocenters. The molecule has 0 radical (unpaired) electrons. The van der Waals surface area contributed by atoms with Crippen LogP contribution in [0.5, 0.6) is 0 Å². The van der Waals surface area contributed by atoms with Crippen LogP contribution in [0.2, 0.25) is 0 Å². The van der Waals surface area contributed by atoms with E-state index in [4.69, 9.17) is 67.1 Å². The number of rotatable bonds is 69. The summed E-state index contributed by atoms with van der Waals surface area (Å²) in [6.07, 6.45) is -3.38. The van der Waals surface area contributed by atoms with Gasteiger partial charge >= 0.3 is 0 Å². The number of hydrogen-bond acceptors (Lipinski definition) is 30. The number of carbonyl (C=O) groups excluding carboxylic acids is 7. The Hall–Kier alpha value is -4.28. The number of ketones is 5. The lowest BCUT2D eigenvalue weighted by molar-refractivity contribution is -0.282. The van der Waals surface area contributed by atoms with E-state index in [1.807, 2.05) is 0 Å². The van der Waals surface area contributed by atoms with Crippen molar-refractivity contribution in [2.45, 2.75) is 261 Å². The maximum atomic E-state index is 13.7. The van der Waals surface area contributed by atoms with E-state index in [0.717, 1.165) is 0 Å². The average Bonchev–Trinajstić information content (AvgIpc) is 0.832. The zero-order chi connectivity index (χ0) is 79.1. The smallest absolute Gasteiger partial charge is 0.222 e. The van der Waals surface area contributed by atoms with E-state index in [1.165, 1.54) is 0 Å². The first-order valence-electron chi connectivity index (χ1n) is 39.1. The molecule has 3 fully saturated rings. The molecule has 34 nitrogen and oxygen atoms in total. The number of nitrogens with one attached hydrogen (secondary N) is 2. The van der Waals surface area contributed by atoms with Gasteiger partial charge in [-0.15, -0.1) is 0 Å². The van der Waals surface area contributed by atoms with Gasteiger partial charge in [0.1, 0.15) is 65.5 Å². The van der Waals surface area contributed by atoms with Gasteiger partial charge in [-0.2, -0.15) is 0 Å². The molecule has 0 aromatic rings. The maximum Gasteiger partial charge on any atom is 0.222 e. The average molecular weight is 1550 g/mol. The van der Waals surface area contributed by atoms with E-state index in [-0.39, 0.29) is 178 Å². The number of ether oxygens (including phenoxy) is 13. The van der Waals surface area contributed by atoms with Crippen molar-refractivity contribution in [3.63, 3.8) is 0 Å². The highest BCUT2D eigenvalue weighted by atomic mass is 16.7. The van der Waals surface area contributed by atoms with Gasteiger partial charge in [-0.25, -0.2) is 0 Å². The molecule has 0 saturated carbocycles. The molecule has 0 aliphatic carbocycles. The van der Waals surface area contributed by atoms with Crippen LogP contribution in [-0.2, 0) is 95.1 Å². The topological polar surface area (TPSA) is 494 Å². The number of azide groups is 1. The summed E-state index contributed by atoms with van der Waals surface area (Å²) < 4.78 is 74.6. The lowest BCUT2D eigenvalue weighted by atomic mass is 9.92. The molecule has 3 rings (SSSR count). The van der Waals surface area contributed by atoms with Gasteiger partial charge in [0.2, 0.25) is 11.8 Å². The zero-order valence-electron chi connectivity index (χ0n) is 64.1. The molecule has 0 aromatic carbocycles. The standard InChI is InChI=1S/C74H131N5O29/c1-51-66(90)69(93)60(46-80)106-72(51)103-31-13-10-21-55(83)17-6-4-8-19-57(85)24-35-100-49-54(45-59(87)25-34-96-39-41-98-43-44-99-42-40-97-38-30-78-79-75)63(102-37-26-58(86)20-9-5-7-18-56(84)22-11-14-32-104-73-52(2)67(91)70(94)61(47-81)107-73)50-101-36-27-65(89)77-29-16-28-76-64(88)23-12-15-33-105-74-53(3)68(92)71(95)62(48-82)108-74/h51-54,60-63,66-74,80-82,90-95H,4-50H2,1-3H3,(H,76,88)(H,77,89). The number of amides is 2. The summed E-state index contributed by atoms with van der Waals surface area (Å²) in [5.41, 5.74) is 8.36. The lowest BCUT2D eigenvalue weighted by Crippen LogP contribution is -2.55. The van der Waals surface area contributed by atoms with Crippen LogP contribution in [0, 0.1) is 23.7 Å². The monoisotopic (exact) mass is 1550 g/mol. The molecule has 34 heteroatoms. The number of aliphatic hydroxyl groups excluding tert-OH is 9. The minimum Gasteiger partial charge on any atom is -0.394 e. The molecule has 2 amide bonds. The Labute approximate surface area is 635 Å². The summed E-state index contributed by atoms with van der Waals surface area (Å²) in [7, 11) is 0. The molecule has 626 valence electrons. The van der Waals surface area contributed by atoms with Crippen molar-refractivity contribution in [3.8, 4) is 0 Å². The van der Waals surface area contributed by atoms with Gasteiger partial charge in [-0.1, -0.05) is 38.7 Å². The first kappa shape index (κ1) is 97.9. The third-order valence-corrected chi connectivity index (χ3v) is 19.1. The van der Waals surface area contributed by atoms with Gasteiger partial charge in [-0.05, 0) is 76.2 Å². The number of carbonyl (C=O) groups is 7. The first-order valence-corrected chi connectivity index (χ1v) is 39.1. The molecular formula is C74H131N5O29. The third kappa shape index (κ3) is 43.1. The zero-order valence-corrected chi connectivity index (χ0v) is 64.1. The summed E-state index contributed by atoms with van der Waals surface area (Å²) in [4.78, 5) is 93.6. The second-order valence-electron chi connectivity index (χ2n) is 28.0. The van der Waals surface area contributed by atoms with E-state index in [1.54, 1.807) is 20.8 Å². The molecule has 3 aliphatic heterocycles. The van der Waals surface area contributed by atoms with E-state index in [0.29, 0.717) is 149 Å². The Morgan fingerprint density at radius 3 is 1.15 bits per heavy atom. The van der Waals surface area contributed by atoms with E-state index in [9.17, 15) is 79.5 Å². The molecule has 17 unspecified atom stereocenters.